The van der Waals surface area contributed by atoms with E-state index in [4.69, 9.17) is 5.11 Å². The lowest BCUT2D eigenvalue weighted by Crippen LogP contribution is -2.43. The van der Waals surface area contributed by atoms with E-state index in [-0.39, 0.29) is 12.1 Å². The molecular weight excluding hydrogens is 138 g/mol. The summed E-state index contributed by atoms with van der Waals surface area (Å²) in [6, 6.07) is 0. The van der Waals surface area contributed by atoms with Gasteiger partial charge in [-0.2, -0.15) is 0 Å². The zero-order chi connectivity index (χ0) is 8.91. The number of aliphatic hydroxyl groups is 1. The van der Waals surface area contributed by atoms with Gasteiger partial charge in [0.2, 0.25) is 0 Å². The summed E-state index contributed by atoms with van der Waals surface area (Å²) in [7, 11) is 1.99. The molecule has 1 unspecified atom stereocenters. The molecule has 66 valence electrons. The summed E-state index contributed by atoms with van der Waals surface area (Å²) >= 11 is 0. The molecule has 1 atom stereocenters. The lowest BCUT2D eigenvalue weighted by atomic mass is 9.99. The standard InChI is InChI=1S/C9H19NO/c1-5-7-10(4)9(3,6-2)8-11/h5,7,11H,6,8H2,1-4H3/b7-5-. The number of nitrogens with zero attached hydrogens (tertiary/aromatic N) is 1. The Hall–Kier alpha value is -0.500. The summed E-state index contributed by atoms with van der Waals surface area (Å²) in [6.07, 6.45) is 4.91. The SMILES string of the molecule is C/C=C\N(C)C(C)(CC)CO. The number of allylic oxidation sites excluding steroid dienone is 1. The van der Waals surface area contributed by atoms with E-state index in [9.17, 15) is 0 Å². The van der Waals surface area contributed by atoms with E-state index in [1.807, 2.05) is 38.1 Å². The first-order chi connectivity index (χ1) is 5.10. The zero-order valence-electron chi connectivity index (χ0n) is 7.96. The van der Waals surface area contributed by atoms with Gasteiger partial charge in [-0.25, -0.2) is 0 Å². The van der Waals surface area contributed by atoms with E-state index in [2.05, 4.69) is 6.92 Å². The quantitative estimate of drug-likeness (QED) is 0.670. The van der Waals surface area contributed by atoms with E-state index in [0.29, 0.717) is 0 Å². The Kier molecular flexibility index (Phi) is 4.19. The molecule has 11 heavy (non-hydrogen) atoms. The molecule has 0 aromatic heterocycles. The molecular formula is C9H19NO. The molecule has 2 nitrogen and oxygen atoms in total. The van der Waals surface area contributed by atoms with Crippen molar-refractivity contribution in [1.82, 2.24) is 4.90 Å². The molecule has 1 N–H and O–H groups in total. The van der Waals surface area contributed by atoms with Crippen LogP contribution >= 0.6 is 0 Å². The third-order valence-corrected chi connectivity index (χ3v) is 2.33. The molecule has 0 spiro atoms. The summed E-state index contributed by atoms with van der Waals surface area (Å²) in [5, 5.41) is 9.11. The Balaban J connectivity index is 4.23. The minimum absolute atomic E-state index is 0.105. The van der Waals surface area contributed by atoms with Crippen molar-refractivity contribution in [3.63, 3.8) is 0 Å². The van der Waals surface area contributed by atoms with Crippen molar-refractivity contribution in [2.24, 2.45) is 0 Å². The third kappa shape index (κ3) is 2.54. The summed E-state index contributed by atoms with van der Waals surface area (Å²) < 4.78 is 0. The van der Waals surface area contributed by atoms with Crippen LogP contribution in [0.1, 0.15) is 27.2 Å². The van der Waals surface area contributed by atoms with E-state index < -0.39 is 0 Å². The molecule has 0 rings (SSSR count). The average molecular weight is 157 g/mol. The maximum Gasteiger partial charge on any atom is 0.0660 e. The third-order valence-electron chi connectivity index (χ3n) is 2.33. The van der Waals surface area contributed by atoms with Crippen molar-refractivity contribution in [1.29, 1.82) is 0 Å². The van der Waals surface area contributed by atoms with Gasteiger partial charge in [-0.15, -0.1) is 0 Å². The first-order valence-electron chi connectivity index (χ1n) is 4.07. The summed E-state index contributed by atoms with van der Waals surface area (Å²) in [6.45, 7) is 6.30. The number of hydrogen-bond acceptors (Lipinski definition) is 2. The van der Waals surface area contributed by atoms with Gasteiger partial charge in [0.15, 0.2) is 0 Å². The van der Waals surface area contributed by atoms with Crippen LogP contribution in [0.3, 0.4) is 0 Å². The number of rotatable bonds is 4. The van der Waals surface area contributed by atoms with Crippen LogP contribution in [-0.2, 0) is 0 Å². The largest absolute Gasteiger partial charge is 0.394 e. The van der Waals surface area contributed by atoms with Gasteiger partial charge >= 0.3 is 0 Å². The fraction of sp³-hybridized carbons (Fsp3) is 0.778. The number of likely N-dealkylation sites (N-methyl/N-ethyl adjacent to an activating group) is 1. The van der Waals surface area contributed by atoms with Crippen LogP contribution in [0.15, 0.2) is 12.3 Å². The molecule has 0 amide bonds. The Morgan fingerprint density at radius 1 is 1.55 bits per heavy atom. The fourth-order valence-electron chi connectivity index (χ4n) is 0.876. The second kappa shape index (κ2) is 4.39. The molecule has 0 saturated carbocycles. The normalized spacial score (nSPS) is 16.8. The molecule has 0 radical (unpaired) electrons. The molecule has 0 heterocycles. The van der Waals surface area contributed by atoms with Crippen molar-refractivity contribution in [3.05, 3.63) is 12.3 Å². The lowest BCUT2D eigenvalue weighted by Gasteiger charge is -2.35. The van der Waals surface area contributed by atoms with Gasteiger partial charge in [-0.3, -0.25) is 0 Å². The first-order valence-corrected chi connectivity index (χ1v) is 4.07. The van der Waals surface area contributed by atoms with Gasteiger partial charge in [-0.1, -0.05) is 13.0 Å². The van der Waals surface area contributed by atoms with E-state index >= 15 is 0 Å². The molecule has 2 heteroatoms. The van der Waals surface area contributed by atoms with Gasteiger partial charge in [0.1, 0.15) is 0 Å². The van der Waals surface area contributed by atoms with E-state index in [1.54, 1.807) is 0 Å². The molecule has 0 aliphatic rings. The Labute approximate surface area is 69.5 Å². The fourth-order valence-corrected chi connectivity index (χ4v) is 0.876. The van der Waals surface area contributed by atoms with Crippen LogP contribution in [-0.4, -0.2) is 29.2 Å². The molecule has 0 aliphatic heterocycles. The second-order valence-corrected chi connectivity index (χ2v) is 3.10. The Bertz CT molecular complexity index is 128. The molecule has 0 aromatic carbocycles. The maximum absolute atomic E-state index is 9.11. The summed E-state index contributed by atoms with van der Waals surface area (Å²) in [5.74, 6) is 0. The van der Waals surface area contributed by atoms with Crippen LogP contribution in [0, 0.1) is 0 Å². The van der Waals surface area contributed by atoms with Gasteiger partial charge in [0.05, 0.1) is 12.1 Å². The highest BCUT2D eigenvalue weighted by Gasteiger charge is 2.23. The Morgan fingerprint density at radius 2 is 2.09 bits per heavy atom. The zero-order valence-corrected chi connectivity index (χ0v) is 7.96. The van der Waals surface area contributed by atoms with Crippen LogP contribution in [0.25, 0.3) is 0 Å². The van der Waals surface area contributed by atoms with Crippen molar-refractivity contribution < 1.29 is 5.11 Å². The van der Waals surface area contributed by atoms with Crippen LogP contribution < -0.4 is 0 Å². The second-order valence-electron chi connectivity index (χ2n) is 3.10. The number of aliphatic hydroxyl groups excluding tert-OH is 1. The first kappa shape index (κ1) is 10.5. The predicted molar refractivity (Wildman–Crippen MR) is 48.4 cm³/mol. The molecule has 0 aromatic rings. The smallest absolute Gasteiger partial charge is 0.0660 e. The highest BCUT2D eigenvalue weighted by Crippen LogP contribution is 2.16. The van der Waals surface area contributed by atoms with Crippen LogP contribution in [0.4, 0.5) is 0 Å². The van der Waals surface area contributed by atoms with Gasteiger partial charge < -0.3 is 10.0 Å². The van der Waals surface area contributed by atoms with Crippen molar-refractivity contribution in [2.75, 3.05) is 13.7 Å². The number of hydrogen-bond donors (Lipinski definition) is 1. The van der Waals surface area contributed by atoms with Crippen LogP contribution in [0.2, 0.25) is 0 Å². The van der Waals surface area contributed by atoms with Gasteiger partial charge in [0, 0.05) is 7.05 Å². The molecule has 0 bridgehead atoms. The minimum atomic E-state index is -0.105. The monoisotopic (exact) mass is 157 g/mol. The molecule has 0 saturated heterocycles. The molecule has 0 aliphatic carbocycles. The van der Waals surface area contributed by atoms with E-state index in [0.717, 1.165) is 6.42 Å². The highest BCUT2D eigenvalue weighted by atomic mass is 16.3. The van der Waals surface area contributed by atoms with Crippen LogP contribution in [0.5, 0.6) is 0 Å². The lowest BCUT2D eigenvalue weighted by molar-refractivity contribution is 0.0955. The van der Waals surface area contributed by atoms with Crippen molar-refractivity contribution in [3.8, 4) is 0 Å². The van der Waals surface area contributed by atoms with Gasteiger partial charge in [0.25, 0.3) is 0 Å². The van der Waals surface area contributed by atoms with Gasteiger partial charge in [-0.05, 0) is 26.5 Å². The summed E-state index contributed by atoms with van der Waals surface area (Å²) in [4.78, 5) is 2.05. The average Bonchev–Trinajstić information content (AvgIpc) is 2.03. The summed E-state index contributed by atoms with van der Waals surface area (Å²) in [5.41, 5.74) is -0.105. The maximum atomic E-state index is 9.11. The topological polar surface area (TPSA) is 23.5 Å². The Morgan fingerprint density at radius 3 is 2.36 bits per heavy atom. The van der Waals surface area contributed by atoms with E-state index in [1.165, 1.54) is 0 Å². The highest BCUT2D eigenvalue weighted by molar-refractivity contribution is 4.90. The predicted octanol–water partition coefficient (Wildman–Crippen LogP) is 1.61. The minimum Gasteiger partial charge on any atom is -0.394 e. The molecule has 0 fully saturated rings. The van der Waals surface area contributed by atoms with Crippen molar-refractivity contribution >= 4 is 0 Å². The van der Waals surface area contributed by atoms with Crippen molar-refractivity contribution in [2.45, 2.75) is 32.7 Å².